The number of carbonyl (C=O) groups excluding carboxylic acids is 2. The third kappa shape index (κ3) is 3.53. The molecule has 1 saturated heterocycles. The predicted molar refractivity (Wildman–Crippen MR) is 103 cm³/mol. The van der Waals surface area contributed by atoms with E-state index >= 15 is 0 Å². The molecule has 3 aromatic rings. The maximum atomic E-state index is 12.9. The fraction of sp³-hybridized carbons (Fsp3) is 0.227. The Bertz CT molecular complexity index is 1070. The Hall–Kier alpha value is -3.41. The number of rotatable bonds is 4. The molecule has 0 saturated carbocycles. The van der Waals surface area contributed by atoms with Gasteiger partial charge in [0.15, 0.2) is 5.43 Å². The first-order chi connectivity index (χ1) is 13.6. The van der Waals surface area contributed by atoms with Crippen LogP contribution in [0.3, 0.4) is 0 Å². The first-order valence-electron chi connectivity index (χ1n) is 9.21. The molecule has 1 aromatic heterocycles. The molecule has 1 aliphatic heterocycles. The number of para-hydroxylation sites is 1. The lowest BCUT2D eigenvalue weighted by Crippen LogP contribution is -2.35. The number of hydrogen-bond acceptors (Lipinski definition) is 5. The molecule has 0 spiro atoms. The molecular weight excluding hydrogens is 358 g/mol. The van der Waals surface area contributed by atoms with Crippen LogP contribution in [0.5, 0.6) is 0 Å². The molecule has 0 aliphatic carbocycles. The number of fused-ring (bicyclic) bond motifs is 1. The van der Waals surface area contributed by atoms with Gasteiger partial charge in [-0.3, -0.25) is 9.59 Å². The Balaban J connectivity index is 1.65. The summed E-state index contributed by atoms with van der Waals surface area (Å²) in [5.41, 5.74) is 0.538. The summed E-state index contributed by atoms with van der Waals surface area (Å²) in [6.07, 6.45) is 0.783. The van der Waals surface area contributed by atoms with Gasteiger partial charge < -0.3 is 14.1 Å². The average Bonchev–Trinajstić information content (AvgIpc) is 3.27. The smallest absolute Gasteiger partial charge is 0.375 e. The molecule has 4 rings (SSSR count). The second-order valence-electron chi connectivity index (χ2n) is 6.70. The van der Waals surface area contributed by atoms with Crippen molar-refractivity contribution in [2.24, 2.45) is 0 Å². The lowest BCUT2D eigenvalue weighted by atomic mass is 10.1. The molecule has 0 radical (unpaired) electrons. The number of carbonyl (C=O) groups is 2. The van der Waals surface area contributed by atoms with E-state index in [9.17, 15) is 14.4 Å². The molecule has 0 bridgehead atoms. The maximum absolute atomic E-state index is 12.9. The minimum Gasteiger partial charge on any atom is -0.449 e. The lowest BCUT2D eigenvalue weighted by molar-refractivity contribution is -0.140. The molecule has 1 aliphatic rings. The maximum Gasteiger partial charge on any atom is 0.375 e. The van der Waals surface area contributed by atoms with Crippen LogP contribution in [0.1, 0.15) is 35.1 Å². The van der Waals surface area contributed by atoms with E-state index in [-0.39, 0.29) is 17.1 Å². The second kappa shape index (κ2) is 7.68. The molecule has 28 heavy (non-hydrogen) atoms. The van der Waals surface area contributed by atoms with Gasteiger partial charge in [0, 0.05) is 24.7 Å². The van der Waals surface area contributed by atoms with Gasteiger partial charge in [-0.05, 0) is 25.0 Å². The SMILES string of the molecule is O=C(O[C@H](C(=O)N1CCCC1)c1ccccc1)c1cc(=O)c2ccccc2o1. The molecule has 0 unspecified atom stereocenters. The molecule has 1 fully saturated rings. The van der Waals surface area contributed by atoms with E-state index in [1.165, 1.54) is 0 Å². The summed E-state index contributed by atoms with van der Waals surface area (Å²) in [6, 6.07) is 16.6. The number of nitrogens with zero attached hydrogens (tertiary/aromatic N) is 1. The summed E-state index contributed by atoms with van der Waals surface area (Å²) < 4.78 is 11.1. The standard InChI is InChI=1S/C22H19NO5/c24-17-14-19(27-18-11-5-4-10-16(17)18)22(26)28-20(15-8-2-1-3-9-15)21(25)23-12-6-7-13-23/h1-5,8-11,14,20H,6-7,12-13H2/t20-/m0/s1. The first kappa shape index (κ1) is 18.0. The van der Waals surface area contributed by atoms with E-state index in [0.29, 0.717) is 29.6 Å². The fourth-order valence-corrected chi connectivity index (χ4v) is 3.36. The number of ether oxygens (including phenoxy) is 1. The molecule has 2 aromatic carbocycles. The normalized spacial score (nSPS) is 14.8. The number of likely N-dealkylation sites (tertiary alicyclic amines) is 1. The van der Waals surface area contributed by atoms with Crippen molar-refractivity contribution in [1.29, 1.82) is 0 Å². The summed E-state index contributed by atoms with van der Waals surface area (Å²) in [5.74, 6) is -1.33. The van der Waals surface area contributed by atoms with Gasteiger partial charge >= 0.3 is 5.97 Å². The van der Waals surface area contributed by atoms with E-state index in [1.807, 2.05) is 6.07 Å². The third-order valence-electron chi connectivity index (χ3n) is 4.81. The Morgan fingerprint density at radius 2 is 1.64 bits per heavy atom. The van der Waals surface area contributed by atoms with Crippen molar-refractivity contribution in [3.63, 3.8) is 0 Å². The number of hydrogen-bond donors (Lipinski definition) is 0. The van der Waals surface area contributed by atoms with Crippen molar-refractivity contribution in [2.45, 2.75) is 18.9 Å². The Morgan fingerprint density at radius 3 is 2.39 bits per heavy atom. The zero-order valence-electron chi connectivity index (χ0n) is 15.2. The highest BCUT2D eigenvalue weighted by molar-refractivity contribution is 5.92. The Morgan fingerprint density at radius 1 is 0.964 bits per heavy atom. The first-order valence-corrected chi connectivity index (χ1v) is 9.21. The van der Waals surface area contributed by atoms with Gasteiger partial charge in [-0.2, -0.15) is 0 Å². The lowest BCUT2D eigenvalue weighted by Gasteiger charge is -2.23. The monoisotopic (exact) mass is 377 g/mol. The average molecular weight is 377 g/mol. The molecule has 6 nitrogen and oxygen atoms in total. The zero-order chi connectivity index (χ0) is 19.5. The number of benzene rings is 2. The van der Waals surface area contributed by atoms with Crippen LogP contribution in [0.25, 0.3) is 11.0 Å². The van der Waals surface area contributed by atoms with Crippen molar-refractivity contribution in [1.82, 2.24) is 4.90 Å². The number of amides is 1. The van der Waals surface area contributed by atoms with Crippen LogP contribution in [-0.2, 0) is 9.53 Å². The van der Waals surface area contributed by atoms with Gasteiger partial charge in [0.05, 0.1) is 5.39 Å². The van der Waals surface area contributed by atoms with Gasteiger partial charge in [-0.1, -0.05) is 42.5 Å². The van der Waals surface area contributed by atoms with Gasteiger partial charge in [0.25, 0.3) is 5.91 Å². The van der Waals surface area contributed by atoms with E-state index in [1.54, 1.807) is 53.4 Å². The van der Waals surface area contributed by atoms with Gasteiger partial charge in [-0.15, -0.1) is 0 Å². The highest BCUT2D eigenvalue weighted by Gasteiger charge is 2.32. The predicted octanol–water partition coefficient (Wildman–Crippen LogP) is 3.31. The Kier molecular flexibility index (Phi) is 4.93. The minimum absolute atomic E-state index is 0.223. The molecule has 6 heteroatoms. The van der Waals surface area contributed by atoms with Crippen molar-refractivity contribution < 1.29 is 18.7 Å². The van der Waals surface area contributed by atoms with Crippen LogP contribution in [0.4, 0.5) is 0 Å². The number of esters is 1. The Labute approximate surface area is 161 Å². The molecule has 142 valence electrons. The fourth-order valence-electron chi connectivity index (χ4n) is 3.36. The highest BCUT2D eigenvalue weighted by atomic mass is 16.6. The molecule has 0 N–H and O–H groups in total. The van der Waals surface area contributed by atoms with E-state index in [0.717, 1.165) is 18.9 Å². The van der Waals surface area contributed by atoms with Crippen molar-refractivity contribution >= 4 is 22.8 Å². The van der Waals surface area contributed by atoms with Crippen molar-refractivity contribution in [3.05, 3.63) is 82.2 Å². The summed E-state index contributed by atoms with van der Waals surface area (Å²) in [4.78, 5) is 39.6. The van der Waals surface area contributed by atoms with Gasteiger partial charge in [-0.25, -0.2) is 4.79 Å². The quantitative estimate of drug-likeness (QED) is 0.652. The minimum atomic E-state index is -1.08. The van der Waals surface area contributed by atoms with Gasteiger partial charge in [0.1, 0.15) is 5.58 Å². The van der Waals surface area contributed by atoms with Crippen molar-refractivity contribution in [2.75, 3.05) is 13.1 Å². The summed E-state index contributed by atoms with van der Waals surface area (Å²) in [6.45, 7) is 1.29. The van der Waals surface area contributed by atoms with Crippen LogP contribution in [0, 0.1) is 0 Å². The third-order valence-corrected chi connectivity index (χ3v) is 4.81. The largest absolute Gasteiger partial charge is 0.449 e. The summed E-state index contributed by atoms with van der Waals surface area (Å²) >= 11 is 0. The second-order valence-corrected chi connectivity index (χ2v) is 6.70. The summed E-state index contributed by atoms with van der Waals surface area (Å²) in [5, 5.41) is 0.381. The molecular formula is C22H19NO5. The van der Waals surface area contributed by atoms with Crippen LogP contribution in [-0.4, -0.2) is 29.9 Å². The van der Waals surface area contributed by atoms with Crippen LogP contribution < -0.4 is 5.43 Å². The summed E-state index contributed by atoms with van der Waals surface area (Å²) in [7, 11) is 0. The van der Waals surface area contributed by atoms with Crippen LogP contribution in [0.15, 0.2) is 69.9 Å². The van der Waals surface area contributed by atoms with Crippen LogP contribution in [0.2, 0.25) is 0 Å². The molecule has 2 heterocycles. The molecule has 1 amide bonds. The zero-order valence-corrected chi connectivity index (χ0v) is 15.2. The van der Waals surface area contributed by atoms with Crippen molar-refractivity contribution in [3.8, 4) is 0 Å². The van der Waals surface area contributed by atoms with Gasteiger partial charge in [0.2, 0.25) is 11.9 Å². The van der Waals surface area contributed by atoms with E-state index < -0.39 is 12.1 Å². The topological polar surface area (TPSA) is 76.8 Å². The molecule has 1 atom stereocenters. The van der Waals surface area contributed by atoms with Crippen LogP contribution >= 0.6 is 0 Å². The highest BCUT2D eigenvalue weighted by Crippen LogP contribution is 2.24. The van der Waals surface area contributed by atoms with E-state index in [4.69, 9.17) is 9.15 Å². The van der Waals surface area contributed by atoms with E-state index in [2.05, 4.69) is 0 Å².